The third kappa shape index (κ3) is 2.41. The first-order valence-corrected chi connectivity index (χ1v) is 6.26. The van der Waals surface area contributed by atoms with Crippen LogP contribution in [0.25, 0.3) is 0 Å². The largest absolute Gasteiger partial charge is 0.461 e. The summed E-state index contributed by atoms with van der Waals surface area (Å²) in [5.74, 6) is 1.74. The lowest BCUT2D eigenvalue weighted by Gasteiger charge is -2.04. The van der Waals surface area contributed by atoms with E-state index in [-0.39, 0.29) is 12.8 Å². The summed E-state index contributed by atoms with van der Waals surface area (Å²) in [4.78, 5) is 11.6. The Bertz CT molecular complexity index is 392. The van der Waals surface area contributed by atoms with Crippen LogP contribution in [0.5, 0.6) is 11.5 Å². The Morgan fingerprint density at radius 3 is 3.06 bits per heavy atom. The zero-order valence-corrected chi connectivity index (χ0v) is 9.71. The molecule has 0 aromatic heterocycles. The first-order valence-electron chi connectivity index (χ1n) is 4.87. The molecule has 2 rings (SSSR count). The average Bonchev–Trinajstić information content (AvgIpc) is 2.76. The van der Waals surface area contributed by atoms with Gasteiger partial charge in [0.1, 0.15) is 6.61 Å². The highest BCUT2D eigenvalue weighted by atomic mass is 32.2. The Hall–Kier alpha value is -1.36. The van der Waals surface area contributed by atoms with Crippen molar-refractivity contribution in [2.75, 3.05) is 25.4 Å². The van der Waals surface area contributed by atoms with Gasteiger partial charge >= 0.3 is 5.97 Å². The molecule has 0 fully saturated rings. The Kier molecular flexibility index (Phi) is 3.56. The second-order valence-electron chi connectivity index (χ2n) is 3.20. The molecule has 1 aromatic carbocycles. The minimum Gasteiger partial charge on any atom is -0.461 e. The summed E-state index contributed by atoms with van der Waals surface area (Å²) in [6, 6.07) is 5.03. The third-order valence-electron chi connectivity index (χ3n) is 2.13. The number of hydrogen-bond acceptors (Lipinski definition) is 5. The molecule has 4 nitrogen and oxygen atoms in total. The minimum atomic E-state index is -0.327. The van der Waals surface area contributed by atoms with Gasteiger partial charge in [-0.05, 0) is 24.5 Å². The van der Waals surface area contributed by atoms with Crippen molar-refractivity contribution < 1.29 is 19.0 Å². The van der Waals surface area contributed by atoms with E-state index in [1.165, 1.54) is 0 Å². The molecule has 0 saturated heterocycles. The molecule has 0 spiro atoms. The number of esters is 1. The fraction of sp³-hybridized carbons (Fsp3) is 0.364. The Balaban J connectivity index is 2.01. The average molecular weight is 240 g/mol. The van der Waals surface area contributed by atoms with Crippen LogP contribution in [-0.4, -0.2) is 31.4 Å². The summed E-state index contributed by atoms with van der Waals surface area (Å²) < 4.78 is 15.4. The Labute approximate surface area is 97.9 Å². The molecule has 1 aliphatic rings. The van der Waals surface area contributed by atoms with Gasteiger partial charge in [0, 0.05) is 5.75 Å². The van der Waals surface area contributed by atoms with E-state index in [1.54, 1.807) is 30.0 Å². The van der Waals surface area contributed by atoms with E-state index >= 15 is 0 Å². The normalized spacial score (nSPS) is 12.6. The number of thioether (sulfide) groups is 1. The molecule has 0 amide bonds. The molecular formula is C11H12O4S. The molecule has 0 aliphatic carbocycles. The van der Waals surface area contributed by atoms with Gasteiger partial charge in [0.25, 0.3) is 0 Å². The van der Waals surface area contributed by atoms with Gasteiger partial charge in [0.2, 0.25) is 6.79 Å². The number of hydrogen-bond donors (Lipinski definition) is 0. The van der Waals surface area contributed by atoms with E-state index in [2.05, 4.69) is 0 Å². The van der Waals surface area contributed by atoms with Gasteiger partial charge in [-0.25, -0.2) is 4.79 Å². The molecule has 0 unspecified atom stereocenters. The highest BCUT2D eigenvalue weighted by Gasteiger charge is 2.16. The minimum absolute atomic E-state index is 0.209. The standard InChI is InChI=1S/C11H12O4S/c1-16-5-4-13-11(12)8-2-3-9-10(6-8)15-7-14-9/h2-3,6H,4-5,7H2,1H3. The van der Waals surface area contributed by atoms with Crippen molar-refractivity contribution in [1.29, 1.82) is 0 Å². The van der Waals surface area contributed by atoms with Crippen LogP contribution in [0, 0.1) is 0 Å². The first kappa shape index (κ1) is 11.1. The van der Waals surface area contributed by atoms with E-state index in [0.717, 1.165) is 5.75 Å². The first-order chi connectivity index (χ1) is 7.81. The number of fused-ring (bicyclic) bond motifs is 1. The predicted molar refractivity (Wildman–Crippen MR) is 61.2 cm³/mol. The summed E-state index contributed by atoms with van der Waals surface area (Å²) in [5.41, 5.74) is 0.491. The molecule has 5 heteroatoms. The van der Waals surface area contributed by atoms with Crippen LogP contribution in [0.1, 0.15) is 10.4 Å². The van der Waals surface area contributed by atoms with Gasteiger partial charge in [-0.15, -0.1) is 0 Å². The Morgan fingerprint density at radius 2 is 2.25 bits per heavy atom. The molecular weight excluding hydrogens is 228 g/mol. The van der Waals surface area contributed by atoms with Crippen molar-refractivity contribution >= 4 is 17.7 Å². The second kappa shape index (κ2) is 5.12. The van der Waals surface area contributed by atoms with Crippen LogP contribution in [0.2, 0.25) is 0 Å². The SMILES string of the molecule is CSCCOC(=O)c1ccc2c(c1)OCO2. The van der Waals surface area contributed by atoms with E-state index < -0.39 is 0 Å². The molecule has 86 valence electrons. The fourth-order valence-corrected chi connectivity index (χ4v) is 1.57. The molecule has 1 heterocycles. The lowest BCUT2D eigenvalue weighted by atomic mass is 10.2. The van der Waals surface area contributed by atoms with Crippen LogP contribution in [-0.2, 0) is 4.74 Å². The van der Waals surface area contributed by atoms with E-state index in [1.807, 2.05) is 6.26 Å². The molecule has 0 saturated carbocycles. The number of ether oxygens (including phenoxy) is 3. The molecule has 0 bridgehead atoms. The molecule has 1 aliphatic heterocycles. The summed E-state index contributed by atoms with van der Waals surface area (Å²) in [6.45, 7) is 0.634. The number of carbonyl (C=O) groups excluding carboxylic acids is 1. The second-order valence-corrected chi connectivity index (χ2v) is 4.18. The summed E-state index contributed by atoms with van der Waals surface area (Å²) in [6.07, 6.45) is 1.97. The van der Waals surface area contributed by atoms with Crippen LogP contribution in [0.3, 0.4) is 0 Å². The van der Waals surface area contributed by atoms with Crippen LogP contribution < -0.4 is 9.47 Å². The topological polar surface area (TPSA) is 44.8 Å². The highest BCUT2D eigenvalue weighted by molar-refractivity contribution is 7.98. The maximum Gasteiger partial charge on any atom is 0.338 e. The van der Waals surface area contributed by atoms with Crippen molar-refractivity contribution in [2.24, 2.45) is 0 Å². The van der Waals surface area contributed by atoms with Gasteiger partial charge in [-0.2, -0.15) is 11.8 Å². The van der Waals surface area contributed by atoms with Crippen LogP contribution >= 0.6 is 11.8 Å². The predicted octanol–water partition coefficient (Wildman–Crippen LogP) is 1.94. The lowest BCUT2D eigenvalue weighted by Crippen LogP contribution is -2.07. The maximum atomic E-state index is 11.6. The fourth-order valence-electron chi connectivity index (χ4n) is 1.32. The third-order valence-corrected chi connectivity index (χ3v) is 2.70. The van der Waals surface area contributed by atoms with Crippen LogP contribution in [0.4, 0.5) is 0 Å². The molecule has 0 radical (unpaired) electrons. The van der Waals surface area contributed by atoms with Crippen molar-refractivity contribution in [3.63, 3.8) is 0 Å². The lowest BCUT2D eigenvalue weighted by molar-refractivity contribution is 0.0530. The summed E-state index contributed by atoms with van der Waals surface area (Å²) >= 11 is 1.64. The molecule has 1 aromatic rings. The summed E-state index contributed by atoms with van der Waals surface area (Å²) in [5, 5.41) is 0. The Morgan fingerprint density at radius 1 is 1.44 bits per heavy atom. The monoisotopic (exact) mass is 240 g/mol. The molecule has 0 atom stereocenters. The maximum absolute atomic E-state index is 11.6. The van der Waals surface area contributed by atoms with Crippen molar-refractivity contribution in [3.05, 3.63) is 23.8 Å². The van der Waals surface area contributed by atoms with Crippen LogP contribution in [0.15, 0.2) is 18.2 Å². The van der Waals surface area contributed by atoms with Crippen molar-refractivity contribution in [3.8, 4) is 11.5 Å². The van der Waals surface area contributed by atoms with E-state index in [4.69, 9.17) is 14.2 Å². The van der Waals surface area contributed by atoms with E-state index in [9.17, 15) is 4.79 Å². The number of rotatable bonds is 4. The quantitative estimate of drug-likeness (QED) is 0.594. The zero-order valence-electron chi connectivity index (χ0n) is 8.89. The summed E-state index contributed by atoms with van der Waals surface area (Å²) in [7, 11) is 0. The highest BCUT2D eigenvalue weighted by Crippen LogP contribution is 2.32. The van der Waals surface area contributed by atoms with Gasteiger partial charge in [0.05, 0.1) is 5.56 Å². The van der Waals surface area contributed by atoms with Gasteiger partial charge in [0.15, 0.2) is 11.5 Å². The van der Waals surface area contributed by atoms with Gasteiger partial charge in [-0.3, -0.25) is 0 Å². The van der Waals surface area contributed by atoms with Gasteiger partial charge in [-0.1, -0.05) is 0 Å². The number of carbonyl (C=O) groups is 1. The van der Waals surface area contributed by atoms with Crippen molar-refractivity contribution in [1.82, 2.24) is 0 Å². The van der Waals surface area contributed by atoms with Gasteiger partial charge < -0.3 is 14.2 Å². The smallest absolute Gasteiger partial charge is 0.338 e. The molecule has 0 N–H and O–H groups in total. The number of benzene rings is 1. The zero-order chi connectivity index (χ0) is 11.4. The van der Waals surface area contributed by atoms with E-state index in [0.29, 0.717) is 23.7 Å². The molecule has 16 heavy (non-hydrogen) atoms. The van der Waals surface area contributed by atoms with Crippen molar-refractivity contribution in [2.45, 2.75) is 0 Å².